The van der Waals surface area contributed by atoms with E-state index in [0.29, 0.717) is 23.5 Å². The standard InChI is InChI=1S/C22H23FN4O.ClH/c1-16-4-2-5-17(14-16)21-20(22(28)26-12-3-10-24-11-13-26)15-27(25-21)19-8-6-18(23)7-9-19;/h2,4-9,14-15,24H,3,10-13H2,1H3;1H. The maximum Gasteiger partial charge on any atom is 0.257 e. The van der Waals surface area contributed by atoms with E-state index in [0.717, 1.165) is 37.2 Å². The fourth-order valence-electron chi connectivity index (χ4n) is 3.48. The zero-order chi connectivity index (χ0) is 19.5. The average Bonchev–Trinajstić information content (AvgIpc) is 2.96. The number of halogens is 2. The van der Waals surface area contributed by atoms with Gasteiger partial charge >= 0.3 is 0 Å². The number of amides is 1. The Hall–Kier alpha value is -2.70. The van der Waals surface area contributed by atoms with Gasteiger partial charge in [-0.3, -0.25) is 4.79 Å². The van der Waals surface area contributed by atoms with Crippen molar-refractivity contribution in [1.82, 2.24) is 20.0 Å². The van der Waals surface area contributed by atoms with Crippen molar-refractivity contribution in [3.8, 4) is 16.9 Å². The Balaban J connectivity index is 0.00000240. The number of hydrogen-bond donors (Lipinski definition) is 1. The normalized spacial score (nSPS) is 14.2. The third-order valence-corrected chi connectivity index (χ3v) is 4.95. The maximum absolute atomic E-state index is 13.3. The summed E-state index contributed by atoms with van der Waals surface area (Å²) in [6, 6.07) is 14.1. The summed E-state index contributed by atoms with van der Waals surface area (Å²) in [4.78, 5) is 15.2. The van der Waals surface area contributed by atoms with E-state index in [1.54, 1.807) is 23.0 Å². The molecule has 0 aliphatic carbocycles. The van der Waals surface area contributed by atoms with E-state index in [1.807, 2.05) is 36.1 Å². The lowest BCUT2D eigenvalue weighted by Gasteiger charge is -2.19. The Bertz CT molecular complexity index is 979. The molecule has 0 radical (unpaired) electrons. The van der Waals surface area contributed by atoms with Crippen LogP contribution in [0.1, 0.15) is 22.3 Å². The van der Waals surface area contributed by atoms with Gasteiger partial charge in [0.1, 0.15) is 11.5 Å². The molecule has 29 heavy (non-hydrogen) atoms. The second-order valence-electron chi connectivity index (χ2n) is 7.08. The number of aromatic nitrogens is 2. The number of carbonyl (C=O) groups is 1. The third kappa shape index (κ3) is 4.66. The number of hydrogen-bond acceptors (Lipinski definition) is 3. The second kappa shape index (κ2) is 9.20. The Labute approximate surface area is 175 Å². The molecular weight excluding hydrogens is 391 g/mol. The quantitative estimate of drug-likeness (QED) is 0.708. The minimum absolute atomic E-state index is 0. The molecule has 1 aliphatic heterocycles. The van der Waals surface area contributed by atoms with Gasteiger partial charge in [0.25, 0.3) is 5.91 Å². The molecule has 4 rings (SSSR count). The van der Waals surface area contributed by atoms with Crippen molar-refractivity contribution in [2.75, 3.05) is 26.2 Å². The molecule has 1 amide bonds. The highest BCUT2D eigenvalue weighted by Gasteiger charge is 2.24. The van der Waals surface area contributed by atoms with Crippen LogP contribution in [0.3, 0.4) is 0 Å². The van der Waals surface area contributed by atoms with Gasteiger partial charge in [0.05, 0.1) is 11.3 Å². The van der Waals surface area contributed by atoms with Crippen LogP contribution in [0.2, 0.25) is 0 Å². The van der Waals surface area contributed by atoms with Crippen LogP contribution in [0, 0.1) is 12.7 Å². The lowest BCUT2D eigenvalue weighted by atomic mass is 10.0. The predicted molar refractivity (Wildman–Crippen MR) is 114 cm³/mol. The van der Waals surface area contributed by atoms with Gasteiger partial charge in [0.15, 0.2) is 0 Å². The summed E-state index contributed by atoms with van der Waals surface area (Å²) in [5.41, 5.74) is 3.93. The Morgan fingerprint density at radius 1 is 1.10 bits per heavy atom. The smallest absolute Gasteiger partial charge is 0.257 e. The van der Waals surface area contributed by atoms with Gasteiger partial charge in [-0.2, -0.15) is 5.10 Å². The van der Waals surface area contributed by atoms with Crippen molar-refractivity contribution in [3.63, 3.8) is 0 Å². The Kier molecular flexibility index (Phi) is 6.67. The minimum atomic E-state index is -0.303. The first-order valence-electron chi connectivity index (χ1n) is 9.54. The molecule has 1 aliphatic rings. The van der Waals surface area contributed by atoms with Crippen molar-refractivity contribution < 1.29 is 9.18 Å². The molecule has 152 valence electrons. The molecule has 1 aromatic heterocycles. The van der Waals surface area contributed by atoms with Gasteiger partial charge in [-0.15, -0.1) is 12.4 Å². The molecule has 0 unspecified atom stereocenters. The first-order chi connectivity index (χ1) is 13.6. The van der Waals surface area contributed by atoms with Gasteiger partial charge in [-0.25, -0.2) is 9.07 Å². The summed E-state index contributed by atoms with van der Waals surface area (Å²) < 4.78 is 15.0. The van der Waals surface area contributed by atoms with Gasteiger partial charge in [0, 0.05) is 31.4 Å². The third-order valence-electron chi connectivity index (χ3n) is 4.95. The highest BCUT2D eigenvalue weighted by Crippen LogP contribution is 2.26. The molecule has 5 nitrogen and oxygen atoms in total. The van der Waals surface area contributed by atoms with Crippen LogP contribution < -0.4 is 5.32 Å². The van der Waals surface area contributed by atoms with E-state index in [-0.39, 0.29) is 24.1 Å². The molecule has 0 bridgehead atoms. The van der Waals surface area contributed by atoms with Crippen molar-refractivity contribution in [1.29, 1.82) is 0 Å². The average molecular weight is 415 g/mol. The summed E-state index contributed by atoms with van der Waals surface area (Å²) in [5.74, 6) is -0.322. The maximum atomic E-state index is 13.3. The molecule has 2 aromatic carbocycles. The number of benzene rings is 2. The zero-order valence-electron chi connectivity index (χ0n) is 16.3. The molecule has 1 saturated heterocycles. The second-order valence-corrected chi connectivity index (χ2v) is 7.08. The topological polar surface area (TPSA) is 50.2 Å². The highest BCUT2D eigenvalue weighted by molar-refractivity contribution is 6.00. The van der Waals surface area contributed by atoms with Crippen LogP contribution >= 0.6 is 12.4 Å². The van der Waals surface area contributed by atoms with Gasteiger partial charge in [-0.05, 0) is 50.2 Å². The number of rotatable bonds is 3. The number of carbonyl (C=O) groups excluding carboxylic acids is 1. The molecular formula is C22H24ClFN4O. The first kappa shape index (κ1) is 21.0. The van der Waals surface area contributed by atoms with E-state index in [4.69, 9.17) is 5.10 Å². The van der Waals surface area contributed by atoms with Gasteiger partial charge in [-0.1, -0.05) is 23.8 Å². The first-order valence-corrected chi connectivity index (χ1v) is 9.54. The fourth-order valence-corrected chi connectivity index (χ4v) is 3.48. The van der Waals surface area contributed by atoms with Crippen LogP contribution in [0.25, 0.3) is 16.9 Å². The van der Waals surface area contributed by atoms with Crippen LogP contribution in [0.4, 0.5) is 4.39 Å². The van der Waals surface area contributed by atoms with E-state index in [2.05, 4.69) is 5.32 Å². The van der Waals surface area contributed by atoms with Crippen LogP contribution in [-0.4, -0.2) is 46.8 Å². The van der Waals surface area contributed by atoms with E-state index < -0.39 is 0 Å². The Morgan fingerprint density at radius 3 is 2.66 bits per heavy atom. The predicted octanol–water partition coefficient (Wildman–Crippen LogP) is 3.84. The molecule has 1 N–H and O–H groups in total. The van der Waals surface area contributed by atoms with Crippen molar-refractivity contribution in [2.24, 2.45) is 0 Å². The van der Waals surface area contributed by atoms with Crippen molar-refractivity contribution >= 4 is 18.3 Å². The van der Waals surface area contributed by atoms with Crippen LogP contribution in [0.5, 0.6) is 0 Å². The Morgan fingerprint density at radius 2 is 1.90 bits per heavy atom. The number of nitrogens with zero attached hydrogens (tertiary/aromatic N) is 3. The summed E-state index contributed by atoms with van der Waals surface area (Å²) >= 11 is 0. The fraction of sp³-hybridized carbons (Fsp3) is 0.273. The highest BCUT2D eigenvalue weighted by atomic mass is 35.5. The SMILES string of the molecule is Cc1cccc(-c2nn(-c3ccc(F)cc3)cc2C(=O)N2CCCNCC2)c1.Cl. The molecule has 7 heteroatoms. The molecule has 0 saturated carbocycles. The zero-order valence-corrected chi connectivity index (χ0v) is 17.1. The summed E-state index contributed by atoms with van der Waals surface area (Å²) in [7, 11) is 0. The van der Waals surface area contributed by atoms with Crippen LogP contribution in [-0.2, 0) is 0 Å². The van der Waals surface area contributed by atoms with Crippen molar-refractivity contribution in [2.45, 2.75) is 13.3 Å². The molecule has 0 atom stereocenters. The lowest BCUT2D eigenvalue weighted by Crippen LogP contribution is -2.34. The van der Waals surface area contributed by atoms with E-state index in [1.165, 1.54) is 12.1 Å². The largest absolute Gasteiger partial charge is 0.337 e. The van der Waals surface area contributed by atoms with Crippen LogP contribution in [0.15, 0.2) is 54.7 Å². The monoisotopic (exact) mass is 414 g/mol. The van der Waals surface area contributed by atoms with E-state index >= 15 is 0 Å². The molecule has 3 aromatic rings. The summed E-state index contributed by atoms with van der Waals surface area (Å²) in [5, 5.41) is 8.02. The molecule has 0 spiro atoms. The van der Waals surface area contributed by atoms with Gasteiger partial charge in [0.2, 0.25) is 0 Å². The summed E-state index contributed by atoms with van der Waals surface area (Å²) in [6.07, 6.45) is 2.68. The minimum Gasteiger partial charge on any atom is -0.337 e. The van der Waals surface area contributed by atoms with Gasteiger partial charge < -0.3 is 10.2 Å². The number of aryl methyl sites for hydroxylation is 1. The molecule has 2 heterocycles. The number of nitrogens with one attached hydrogen (secondary N) is 1. The summed E-state index contributed by atoms with van der Waals surface area (Å²) in [6.45, 7) is 5.12. The van der Waals surface area contributed by atoms with Crippen molar-refractivity contribution in [3.05, 3.63) is 71.7 Å². The molecule has 1 fully saturated rings. The lowest BCUT2D eigenvalue weighted by molar-refractivity contribution is 0.0767. The van der Waals surface area contributed by atoms with E-state index in [9.17, 15) is 9.18 Å².